The standard InChI is InChI=1S/C25H24N2O5S/c1-30-18-8-6-16(7-9-18)10-11-27-24(28)22(21-5-4-12-33-21)23(25(27)29)26-17-13-19(31-2)15-20(14-17)32-3/h4-9,12-15,26H,10-11H2,1-3H3. The molecule has 2 heterocycles. The van der Waals surface area contributed by atoms with Crippen molar-refractivity contribution in [3.8, 4) is 17.2 Å². The van der Waals surface area contributed by atoms with E-state index in [1.54, 1.807) is 39.5 Å². The molecular weight excluding hydrogens is 440 g/mol. The lowest BCUT2D eigenvalue weighted by molar-refractivity contribution is -0.136. The smallest absolute Gasteiger partial charge is 0.278 e. The van der Waals surface area contributed by atoms with Crippen LogP contribution in [0.1, 0.15) is 10.4 Å². The van der Waals surface area contributed by atoms with Gasteiger partial charge in [-0.3, -0.25) is 14.5 Å². The Hall–Kier alpha value is -3.78. The number of nitrogens with one attached hydrogen (secondary N) is 1. The molecule has 0 aliphatic carbocycles. The molecule has 0 saturated carbocycles. The van der Waals surface area contributed by atoms with Gasteiger partial charge in [-0.05, 0) is 35.6 Å². The molecule has 7 nitrogen and oxygen atoms in total. The first-order chi connectivity index (χ1) is 16.0. The van der Waals surface area contributed by atoms with E-state index in [-0.39, 0.29) is 24.1 Å². The van der Waals surface area contributed by atoms with E-state index >= 15 is 0 Å². The average Bonchev–Trinajstić information content (AvgIpc) is 3.45. The number of nitrogens with zero attached hydrogens (tertiary/aromatic N) is 1. The molecule has 0 saturated heterocycles. The normalized spacial score (nSPS) is 13.5. The molecular formula is C25H24N2O5S. The van der Waals surface area contributed by atoms with E-state index in [0.29, 0.717) is 29.2 Å². The van der Waals surface area contributed by atoms with Crippen molar-refractivity contribution in [1.82, 2.24) is 4.90 Å². The molecule has 3 aromatic rings. The van der Waals surface area contributed by atoms with Gasteiger partial charge in [0, 0.05) is 35.3 Å². The van der Waals surface area contributed by atoms with E-state index < -0.39 is 0 Å². The van der Waals surface area contributed by atoms with Crippen LogP contribution in [0.3, 0.4) is 0 Å². The highest BCUT2D eigenvalue weighted by Crippen LogP contribution is 2.34. The van der Waals surface area contributed by atoms with Crippen molar-refractivity contribution < 1.29 is 23.8 Å². The molecule has 2 aromatic carbocycles. The Labute approximate surface area is 196 Å². The molecule has 0 bridgehead atoms. The minimum absolute atomic E-state index is 0.243. The molecule has 1 aliphatic rings. The average molecular weight is 465 g/mol. The van der Waals surface area contributed by atoms with E-state index in [2.05, 4.69) is 5.32 Å². The fraction of sp³-hybridized carbons (Fsp3) is 0.200. The number of hydrogen-bond acceptors (Lipinski definition) is 7. The molecule has 4 rings (SSSR count). The maximum absolute atomic E-state index is 13.4. The molecule has 1 aliphatic heterocycles. The summed E-state index contributed by atoms with van der Waals surface area (Å²) in [5, 5.41) is 5.03. The van der Waals surface area contributed by atoms with Crippen molar-refractivity contribution in [2.45, 2.75) is 6.42 Å². The van der Waals surface area contributed by atoms with Gasteiger partial charge in [-0.2, -0.15) is 0 Å². The van der Waals surface area contributed by atoms with Gasteiger partial charge in [0.1, 0.15) is 22.9 Å². The molecule has 0 unspecified atom stereocenters. The summed E-state index contributed by atoms with van der Waals surface area (Å²) < 4.78 is 15.8. The van der Waals surface area contributed by atoms with Crippen LogP contribution in [0, 0.1) is 0 Å². The highest BCUT2D eigenvalue weighted by Gasteiger charge is 2.39. The Morgan fingerprint density at radius 1 is 0.848 bits per heavy atom. The van der Waals surface area contributed by atoms with Gasteiger partial charge in [0.15, 0.2) is 0 Å². The summed E-state index contributed by atoms with van der Waals surface area (Å²) in [7, 11) is 4.72. The minimum Gasteiger partial charge on any atom is -0.497 e. The maximum atomic E-state index is 13.4. The van der Waals surface area contributed by atoms with Crippen molar-refractivity contribution in [1.29, 1.82) is 0 Å². The number of rotatable bonds is 9. The number of amides is 2. The first-order valence-corrected chi connectivity index (χ1v) is 11.2. The first kappa shape index (κ1) is 22.4. The zero-order valence-corrected chi connectivity index (χ0v) is 19.4. The highest BCUT2D eigenvalue weighted by atomic mass is 32.1. The summed E-state index contributed by atoms with van der Waals surface area (Å²) >= 11 is 1.42. The molecule has 8 heteroatoms. The monoisotopic (exact) mass is 464 g/mol. The van der Waals surface area contributed by atoms with Gasteiger partial charge in [-0.1, -0.05) is 18.2 Å². The number of thiophene rings is 1. The largest absolute Gasteiger partial charge is 0.497 e. The molecule has 1 N–H and O–H groups in total. The number of imide groups is 1. The van der Waals surface area contributed by atoms with E-state index in [0.717, 1.165) is 16.2 Å². The first-order valence-electron chi connectivity index (χ1n) is 10.3. The number of hydrogen-bond donors (Lipinski definition) is 1. The van der Waals surface area contributed by atoms with E-state index in [9.17, 15) is 9.59 Å². The third-order valence-corrected chi connectivity index (χ3v) is 6.23. The van der Waals surface area contributed by atoms with Crippen molar-refractivity contribution in [2.24, 2.45) is 0 Å². The van der Waals surface area contributed by atoms with Gasteiger partial charge in [-0.25, -0.2) is 0 Å². The second-order valence-electron chi connectivity index (χ2n) is 7.31. The van der Waals surface area contributed by atoms with Gasteiger partial charge in [0.05, 0.1) is 26.9 Å². The van der Waals surface area contributed by atoms with Gasteiger partial charge in [-0.15, -0.1) is 11.3 Å². The number of carbonyl (C=O) groups excluding carboxylic acids is 2. The zero-order valence-electron chi connectivity index (χ0n) is 18.6. The van der Waals surface area contributed by atoms with Crippen LogP contribution in [-0.2, 0) is 16.0 Å². The molecule has 170 valence electrons. The van der Waals surface area contributed by atoms with Gasteiger partial charge in [0.2, 0.25) is 0 Å². The van der Waals surface area contributed by atoms with Crippen molar-refractivity contribution in [2.75, 3.05) is 33.2 Å². The van der Waals surface area contributed by atoms with Gasteiger partial charge >= 0.3 is 0 Å². The maximum Gasteiger partial charge on any atom is 0.278 e. The lowest BCUT2D eigenvalue weighted by Crippen LogP contribution is -2.34. The molecule has 2 amide bonds. The van der Waals surface area contributed by atoms with Crippen molar-refractivity contribution in [3.63, 3.8) is 0 Å². The van der Waals surface area contributed by atoms with E-state index in [4.69, 9.17) is 14.2 Å². The predicted octanol–water partition coefficient (Wildman–Crippen LogP) is 4.21. The third kappa shape index (κ3) is 4.70. The van der Waals surface area contributed by atoms with Crippen LogP contribution in [-0.4, -0.2) is 44.6 Å². The zero-order chi connectivity index (χ0) is 23.4. The van der Waals surface area contributed by atoms with Crippen LogP contribution in [0.25, 0.3) is 5.57 Å². The topological polar surface area (TPSA) is 77.1 Å². The second-order valence-corrected chi connectivity index (χ2v) is 8.26. The molecule has 1 aromatic heterocycles. The SMILES string of the molecule is COc1ccc(CCN2C(=O)C(Nc3cc(OC)cc(OC)c3)=C(c3cccs3)C2=O)cc1. The summed E-state index contributed by atoms with van der Waals surface area (Å²) in [6.07, 6.45) is 0.541. The molecule has 33 heavy (non-hydrogen) atoms. The Kier molecular flexibility index (Phi) is 6.65. The van der Waals surface area contributed by atoms with Crippen molar-refractivity contribution >= 4 is 34.4 Å². The lowest BCUT2D eigenvalue weighted by Gasteiger charge is -2.16. The van der Waals surface area contributed by atoms with Crippen LogP contribution in [0.15, 0.2) is 65.7 Å². The number of benzene rings is 2. The second kappa shape index (κ2) is 9.79. The lowest BCUT2D eigenvalue weighted by atomic mass is 10.1. The van der Waals surface area contributed by atoms with Crippen LogP contribution in [0.5, 0.6) is 17.2 Å². The Balaban J connectivity index is 1.62. The molecule has 0 radical (unpaired) electrons. The summed E-state index contributed by atoms with van der Waals surface area (Å²) in [6, 6.07) is 16.5. The minimum atomic E-state index is -0.362. The summed E-state index contributed by atoms with van der Waals surface area (Å²) in [4.78, 5) is 28.7. The van der Waals surface area contributed by atoms with Crippen molar-refractivity contribution in [3.05, 3.63) is 76.1 Å². The van der Waals surface area contributed by atoms with E-state index in [1.165, 1.54) is 16.2 Å². The van der Waals surface area contributed by atoms with Crippen LogP contribution >= 0.6 is 11.3 Å². The fourth-order valence-corrected chi connectivity index (χ4v) is 4.37. The summed E-state index contributed by atoms with van der Waals surface area (Å²) in [5.41, 5.74) is 2.21. The van der Waals surface area contributed by atoms with Crippen LogP contribution in [0.4, 0.5) is 5.69 Å². The Morgan fingerprint density at radius 2 is 1.52 bits per heavy atom. The van der Waals surface area contributed by atoms with Crippen LogP contribution in [0.2, 0.25) is 0 Å². The quantitative estimate of drug-likeness (QED) is 0.478. The van der Waals surface area contributed by atoms with Gasteiger partial charge in [0.25, 0.3) is 11.8 Å². The van der Waals surface area contributed by atoms with Gasteiger partial charge < -0.3 is 19.5 Å². The molecule has 0 atom stereocenters. The predicted molar refractivity (Wildman–Crippen MR) is 128 cm³/mol. The number of anilines is 1. The number of methoxy groups -OCH3 is 3. The fourth-order valence-electron chi connectivity index (χ4n) is 3.60. The summed E-state index contributed by atoms with van der Waals surface area (Å²) in [6.45, 7) is 0.269. The molecule has 0 fully saturated rings. The third-order valence-electron chi connectivity index (χ3n) is 5.34. The van der Waals surface area contributed by atoms with Crippen LogP contribution < -0.4 is 19.5 Å². The Bertz CT molecular complexity index is 1160. The highest BCUT2D eigenvalue weighted by molar-refractivity contribution is 7.11. The Morgan fingerprint density at radius 3 is 2.09 bits per heavy atom. The molecule has 0 spiro atoms. The number of carbonyl (C=O) groups is 2. The van der Waals surface area contributed by atoms with E-state index in [1.807, 2.05) is 41.8 Å². The number of ether oxygens (including phenoxy) is 3. The summed E-state index contributed by atoms with van der Waals surface area (Å²) in [5.74, 6) is 1.23.